The molecule has 0 radical (unpaired) electrons. The van der Waals surface area contributed by atoms with Gasteiger partial charge in [-0.15, -0.1) is 0 Å². The maximum absolute atomic E-state index is 11.1. The zero-order chi connectivity index (χ0) is 12.0. The predicted molar refractivity (Wildman–Crippen MR) is 67.3 cm³/mol. The third-order valence-electron chi connectivity index (χ3n) is 2.97. The SMILES string of the molecule is CCC(=O)NCc1ccc(C(C)CC)cc1. The van der Waals surface area contributed by atoms with Gasteiger partial charge in [-0.1, -0.05) is 45.0 Å². The van der Waals surface area contributed by atoms with Crippen LogP contribution in [0, 0.1) is 0 Å². The molecule has 16 heavy (non-hydrogen) atoms. The minimum absolute atomic E-state index is 0.103. The van der Waals surface area contributed by atoms with Gasteiger partial charge >= 0.3 is 0 Å². The molecule has 0 bridgehead atoms. The molecule has 1 atom stereocenters. The Kier molecular flexibility index (Phi) is 5.03. The van der Waals surface area contributed by atoms with Crippen molar-refractivity contribution in [1.82, 2.24) is 5.32 Å². The van der Waals surface area contributed by atoms with Crippen LogP contribution in [0.25, 0.3) is 0 Å². The second kappa shape index (κ2) is 6.31. The summed E-state index contributed by atoms with van der Waals surface area (Å²) in [5.41, 5.74) is 2.53. The molecule has 1 unspecified atom stereocenters. The van der Waals surface area contributed by atoms with Gasteiger partial charge in [0, 0.05) is 13.0 Å². The monoisotopic (exact) mass is 219 g/mol. The van der Waals surface area contributed by atoms with Crippen molar-refractivity contribution >= 4 is 5.91 Å². The maximum Gasteiger partial charge on any atom is 0.219 e. The molecular weight excluding hydrogens is 198 g/mol. The second-order valence-corrected chi connectivity index (χ2v) is 4.18. The van der Waals surface area contributed by atoms with Gasteiger partial charge in [0.05, 0.1) is 0 Å². The number of nitrogens with one attached hydrogen (secondary N) is 1. The van der Waals surface area contributed by atoms with Gasteiger partial charge in [0.1, 0.15) is 0 Å². The molecule has 88 valence electrons. The Hall–Kier alpha value is -1.31. The van der Waals surface area contributed by atoms with Gasteiger partial charge in [-0.25, -0.2) is 0 Å². The Bertz CT molecular complexity index is 329. The van der Waals surface area contributed by atoms with E-state index in [4.69, 9.17) is 0 Å². The molecule has 2 heteroatoms. The summed E-state index contributed by atoms with van der Waals surface area (Å²) in [4.78, 5) is 11.1. The first-order valence-electron chi connectivity index (χ1n) is 6.02. The summed E-state index contributed by atoms with van der Waals surface area (Å²) >= 11 is 0. The van der Waals surface area contributed by atoms with E-state index in [2.05, 4.69) is 43.4 Å². The van der Waals surface area contributed by atoms with Crippen LogP contribution in [0.1, 0.15) is 50.7 Å². The van der Waals surface area contributed by atoms with Crippen molar-refractivity contribution < 1.29 is 4.79 Å². The van der Waals surface area contributed by atoms with E-state index in [0.717, 1.165) is 12.0 Å². The molecule has 0 aliphatic rings. The van der Waals surface area contributed by atoms with Gasteiger partial charge in [-0.2, -0.15) is 0 Å². The fraction of sp³-hybridized carbons (Fsp3) is 0.500. The van der Waals surface area contributed by atoms with Crippen molar-refractivity contribution in [2.75, 3.05) is 0 Å². The fourth-order valence-corrected chi connectivity index (χ4v) is 1.53. The highest BCUT2D eigenvalue weighted by molar-refractivity contribution is 5.75. The van der Waals surface area contributed by atoms with Crippen LogP contribution < -0.4 is 5.32 Å². The van der Waals surface area contributed by atoms with Crippen LogP contribution in [0.2, 0.25) is 0 Å². The standard InChI is InChI=1S/C14H21NO/c1-4-11(3)13-8-6-12(7-9-13)10-15-14(16)5-2/h6-9,11H,4-5,10H2,1-3H3,(H,15,16). The van der Waals surface area contributed by atoms with E-state index in [1.165, 1.54) is 5.56 Å². The van der Waals surface area contributed by atoms with Crippen molar-refractivity contribution in [3.8, 4) is 0 Å². The fourth-order valence-electron chi connectivity index (χ4n) is 1.53. The van der Waals surface area contributed by atoms with Crippen LogP contribution in [-0.4, -0.2) is 5.91 Å². The molecule has 1 aromatic carbocycles. The molecule has 0 saturated carbocycles. The highest BCUT2D eigenvalue weighted by Gasteiger charge is 2.02. The van der Waals surface area contributed by atoms with Gasteiger partial charge in [0.15, 0.2) is 0 Å². The van der Waals surface area contributed by atoms with Crippen molar-refractivity contribution in [3.63, 3.8) is 0 Å². The van der Waals surface area contributed by atoms with Gasteiger partial charge in [-0.05, 0) is 23.5 Å². The van der Waals surface area contributed by atoms with Crippen LogP contribution in [0.5, 0.6) is 0 Å². The third kappa shape index (κ3) is 3.69. The molecule has 0 aliphatic carbocycles. The van der Waals surface area contributed by atoms with E-state index in [-0.39, 0.29) is 5.91 Å². The molecule has 0 spiro atoms. The minimum atomic E-state index is 0.103. The Labute approximate surface area is 98.1 Å². The van der Waals surface area contributed by atoms with Crippen molar-refractivity contribution in [2.45, 2.75) is 46.1 Å². The van der Waals surface area contributed by atoms with Gasteiger partial charge in [0.2, 0.25) is 5.91 Å². The van der Waals surface area contributed by atoms with Gasteiger partial charge in [0.25, 0.3) is 0 Å². The van der Waals surface area contributed by atoms with E-state index in [0.29, 0.717) is 18.9 Å². The second-order valence-electron chi connectivity index (χ2n) is 4.18. The van der Waals surface area contributed by atoms with Gasteiger partial charge in [-0.3, -0.25) is 4.79 Å². The molecule has 2 nitrogen and oxygen atoms in total. The Morgan fingerprint density at radius 2 is 1.88 bits per heavy atom. The molecule has 0 saturated heterocycles. The average Bonchev–Trinajstić information content (AvgIpc) is 2.35. The van der Waals surface area contributed by atoms with Crippen LogP contribution in [0.15, 0.2) is 24.3 Å². The number of amides is 1. The van der Waals surface area contributed by atoms with E-state index < -0.39 is 0 Å². The number of carbonyl (C=O) groups is 1. The van der Waals surface area contributed by atoms with Crippen LogP contribution in [0.3, 0.4) is 0 Å². The molecule has 1 rings (SSSR count). The molecule has 1 aromatic rings. The van der Waals surface area contributed by atoms with Crippen LogP contribution in [0.4, 0.5) is 0 Å². The molecule has 0 heterocycles. The summed E-state index contributed by atoms with van der Waals surface area (Å²) in [7, 11) is 0. The lowest BCUT2D eigenvalue weighted by Crippen LogP contribution is -2.21. The largest absolute Gasteiger partial charge is 0.352 e. The summed E-state index contributed by atoms with van der Waals surface area (Å²) in [6.45, 7) is 6.92. The topological polar surface area (TPSA) is 29.1 Å². The van der Waals surface area contributed by atoms with E-state index >= 15 is 0 Å². The first kappa shape index (κ1) is 12.8. The highest BCUT2D eigenvalue weighted by atomic mass is 16.1. The van der Waals surface area contributed by atoms with E-state index in [1.54, 1.807) is 0 Å². The zero-order valence-corrected chi connectivity index (χ0v) is 10.4. The highest BCUT2D eigenvalue weighted by Crippen LogP contribution is 2.18. The van der Waals surface area contributed by atoms with Crippen molar-refractivity contribution in [1.29, 1.82) is 0 Å². The van der Waals surface area contributed by atoms with Crippen molar-refractivity contribution in [3.05, 3.63) is 35.4 Å². The summed E-state index contributed by atoms with van der Waals surface area (Å²) in [6, 6.07) is 8.50. The summed E-state index contributed by atoms with van der Waals surface area (Å²) in [6.07, 6.45) is 1.71. The molecule has 1 amide bonds. The molecule has 0 fully saturated rings. The van der Waals surface area contributed by atoms with Crippen LogP contribution >= 0.6 is 0 Å². The predicted octanol–water partition coefficient (Wildman–Crippen LogP) is 3.23. The van der Waals surface area contributed by atoms with Crippen LogP contribution in [-0.2, 0) is 11.3 Å². The summed E-state index contributed by atoms with van der Waals surface area (Å²) in [5, 5.41) is 2.87. The number of benzene rings is 1. The quantitative estimate of drug-likeness (QED) is 0.809. The summed E-state index contributed by atoms with van der Waals surface area (Å²) in [5.74, 6) is 0.713. The zero-order valence-electron chi connectivity index (χ0n) is 10.4. The Balaban J connectivity index is 2.54. The molecule has 0 aliphatic heterocycles. The molecule has 1 N–H and O–H groups in total. The smallest absolute Gasteiger partial charge is 0.219 e. The lowest BCUT2D eigenvalue weighted by molar-refractivity contribution is -0.120. The normalized spacial score (nSPS) is 12.2. The Morgan fingerprint density at radius 1 is 1.25 bits per heavy atom. The number of rotatable bonds is 5. The third-order valence-corrected chi connectivity index (χ3v) is 2.97. The van der Waals surface area contributed by atoms with E-state index in [9.17, 15) is 4.79 Å². The Morgan fingerprint density at radius 3 is 2.38 bits per heavy atom. The van der Waals surface area contributed by atoms with Crippen molar-refractivity contribution in [2.24, 2.45) is 0 Å². The maximum atomic E-state index is 11.1. The number of carbonyl (C=O) groups excluding carboxylic acids is 1. The van der Waals surface area contributed by atoms with Gasteiger partial charge < -0.3 is 5.32 Å². The first-order chi connectivity index (χ1) is 7.67. The lowest BCUT2D eigenvalue weighted by atomic mass is 9.98. The number of hydrogen-bond donors (Lipinski definition) is 1. The number of hydrogen-bond acceptors (Lipinski definition) is 1. The molecular formula is C14H21NO. The first-order valence-corrected chi connectivity index (χ1v) is 6.02. The minimum Gasteiger partial charge on any atom is -0.352 e. The summed E-state index contributed by atoms with van der Waals surface area (Å²) < 4.78 is 0. The molecule has 0 aromatic heterocycles. The van der Waals surface area contributed by atoms with E-state index in [1.807, 2.05) is 6.92 Å². The average molecular weight is 219 g/mol. The lowest BCUT2D eigenvalue weighted by Gasteiger charge is -2.10.